The largest absolute Gasteiger partial charge is 0.352 e. The Morgan fingerprint density at radius 1 is 1.03 bits per heavy atom. The lowest BCUT2D eigenvalue weighted by Crippen LogP contribution is -2.59. The zero-order valence-electron chi connectivity index (χ0n) is 17.1. The number of hydrazine groups is 2. The van der Waals surface area contributed by atoms with E-state index in [-0.39, 0.29) is 35.6 Å². The molecule has 3 aliphatic rings. The van der Waals surface area contributed by atoms with Gasteiger partial charge in [0.25, 0.3) is 0 Å². The van der Waals surface area contributed by atoms with Gasteiger partial charge in [0.2, 0.25) is 5.91 Å². The van der Waals surface area contributed by atoms with E-state index in [1.807, 2.05) is 24.3 Å². The second-order valence-corrected chi connectivity index (χ2v) is 9.60. The molecule has 1 amide bonds. The number of Topliss-reactive ketones (excluding diaryl/α,β-unsaturated/α-hetero) is 1. The molecule has 0 spiro atoms. The average molecular weight is 484 g/mol. The van der Waals surface area contributed by atoms with Crippen molar-refractivity contribution in [3.63, 3.8) is 0 Å². The molecule has 1 saturated carbocycles. The summed E-state index contributed by atoms with van der Waals surface area (Å²) in [4.78, 5) is 31.4. The van der Waals surface area contributed by atoms with E-state index in [0.29, 0.717) is 0 Å². The second kappa shape index (κ2) is 8.78. The fourth-order valence-electron chi connectivity index (χ4n) is 5.54. The molecule has 1 aromatic carbocycles. The Balaban J connectivity index is 1.50. The summed E-state index contributed by atoms with van der Waals surface area (Å²) in [6, 6.07) is 11.3. The summed E-state index contributed by atoms with van der Waals surface area (Å²) in [5.74, 6) is -0.823. The van der Waals surface area contributed by atoms with Gasteiger partial charge < -0.3 is 5.32 Å². The summed E-state index contributed by atoms with van der Waals surface area (Å²) < 4.78 is 0.840. The van der Waals surface area contributed by atoms with Crippen LogP contribution in [-0.4, -0.2) is 28.8 Å². The first-order valence-corrected chi connectivity index (χ1v) is 11.7. The molecule has 0 radical (unpaired) electrons. The lowest BCUT2D eigenvalue weighted by atomic mass is 9.64. The molecule has 162 valence electrons. The van der Waals surface area contributed by atoms with E-state index in [0.717, 1.165) is 41.3 Å². The fourth-order valence-corrected chi connectivity index (χ4v) is 5.92. The van der Waals surface area contributed by atoms with Crippen LogP contribution in [0.25, 0.3) is 0 Å². The minimum atomic E-state index is -0.733. The Hall–Kier alpha value is -2.13. The monoisotopic (exact) mass is 483 g/mol. The van der Waals surface area contributed by atoms with E-state index in [2.05, 4.69) is 54.7 Å². The van der Waals surface area contributed by atoms with E-state index < -0.39 is 12.0 Å². The van der Waals surface area contributed by atoms with Crippen LogP contribution in [0.1, 0.15) is 48.8 Å². The SMILES string of the molecule is O=C1NC2CCCCC2C(c2ccccc2)C1C(=O)C1NNNC1c1cncc(Br)c1. The van der Waals surface area contributed by atoms with Gasteiger partial charge in [-0.25, -0.2) is 10.9 Å². The second-order valence-electron chi connectivity index (χ2n) is 8.69. The van der Waals surface area contributed by atoms with Crippen LogP contribution in [0.5, 0.6) is 0 Å². The van der Waals surface area contributed by atoms with E-state index in [1.54, 1.807) is 12.4 Å². The zero-order valence-corrected chi connectivity index (χ0v) is 18.6. The number of piperidine rings is 1. The molecular formula is C23H26BrN5O2. The van der Waals surface area contributed by atoms with Crippen LogP contribution in [0.15, 0.2) is 53.3 Å². The molecule has 5 rings (SSSR count). The number of rotatable bonds is 4. The van der Waals surface area contributed by atoms with Crippen LogP contribution in [0.3, 0.4) is 0 Å². The van der Waals surface area contributed by atoms with Gasteiger partial charge in [0.05, 0.1) is 6.04 Å². The summed E-state index contributed by atoms with van der Waals surface area (Å²) in [7, 11) is 0. The predicted octanol–water partition coefficient (Wildman–Crippen LogP) is 2.52. The van der Waals surface area contributed by atoms with Gasteiger partial charge in [-0.05, 0) is 51.9 Å². The highest BCUT2D eigenvalue weighted by atomic mass is 79.9. The molecule has 4 N–H and O–H groups in total. The number of carbonyl (C=O) groups excluding carboxylic acids is 2. The molecule has 1 aliphatic carbocycles. The van der Waals surface area contributed by atoms with Crippen molar-refractivity contribution < 1.29 is 9.59 Å². The number of benzene rings is 1. The molecule has 8 heteroatoms. The molecule has 2 saturated heterocycles. The number of fused-ring (bicyclic) bond motifs is 1. The number of hydrogen-bond donors (Lipinski definition) is 4. The van der Waals surface area contributed by atoms with Crippen molar-refractivity contribution >= 4 is 27.6 Å². The van der Waals surface area contributed by atoms with Crippen LogP contribution in [0.4, 0.5) is 0 Å². The van der Waals surface area contributed by atoms with Crippen molar-refractivity contribution in [1.29, 1.82) is 0 Å². The van der Waals surface area contributed by atoms with Gasteiger partial charge >= 0.3 is 0 Å². The average Bonchev–Trinajstić information content (AvgIpc) is 3.28. The van der Waals surface area contributed by atoms with Crippen molar-refractivity contribution in [2.45, 2.75) is 49.7 Å². The number of carbonyl (C=O) groups is 2. The standard InChI is InChI=1S/C23H26BrN5O2/c24-15-10-14(11-25-12-15)20-21(28-29-27-20)22(30)19-18(13-6-2-1-3-7-13)16-8-4-5-9-17(16)26-23(19)31/h1-3,6-7,10-12,16-21,27-29H,4-5,8-9H2,(H,26,31). The Bertz CT molecular complexity index is 971. The van der Waals surface area contributed by atoms with E-state index in [1.165, 1.54) is 0 Å². The zero-order chi connectivity index (χ0) is 21.4. The molecule has 31 heavy (non-hydrogen) atoms. The van der Waals surface area contributed by atoms with Crippen molar-refractivity contribution in [2.75, 3.05) is 0 Å². The van der Waals surface area contributed by atoms with E-state index >= 15 is 0 Å². The lowest BCUT2D eigenvalue weighted by Gasteiger charge is -2.45. The topological polar surface area (TPSA) is 95.2 Å². The van der Waals surface area contributed by atoms with Crippen LogP contribution in [0.2, 0.25) is 0 Å². The maximum Gasteiger partial charge on any atom is 0.231 e. The number of aromatic nitrogens is 1. The Morgan fingerprint density at radius 3 is 2.65 bits per heavy atom. The molecule has 1 aromatic heterocycles. The molecule has 6 atom stereocenters. The van der Waals surface area contributed by atoms with E-state index in [9.17, 15) is 9.59 Å². The number of nitrogens with one attached hydrogen (secondary N) is 4. The van der Waals surface area contributed by atoms with E-state index in [4.69, 9.17) is 0 Å². The summed E-state index contributed by atoms with van der Waals surface area (Å²) in [6.07, 6.45) is 7.72. The van der Waals surface area contributed by atoms with Gasteiger partial charge in [0.1, 0.15) is 12.0 Å². The van der Waals surface area contributed by atoms with Crippen LogP contribution < -0.4 is 21.7 Å². The molecular weight excluding hydrogens is 458 g/mol. The number of pyridine rings is 1. The number of halogens is 1. The van der Waals surface area contributed by atoms with Crippen LogP contribution in [0, 0.1) is 11.8 Å². The molecule has 7 nitrogen and oxygen atoms in total. The van der Waals surface area contributed by atoms with Crippen molar-refractivity contribution in [1.82, 2.24) is 26.7 Å². The predicted molar refractivity (Wildman–Crippen MR) is 119 cm³/mol. The quantitative estimate of drug-likeness (QED) is 0.499. The summed E-state index contributed by atoms with van der Waals surface area (Å²) in [5, 5.41) is 3.19. The van der Waals surface area contributed by atoms with Crippen molar-refractivity contribution in [3.8, 4) is 0 Å². The van der Waals surface area contributed by atoms with Gasteiger partial charge in [0.15, 0.2) is 5.78 Å². The Kier molecular flexibility index (Phi) is 5.88. The minimum Gasteiger partial charge on any atom is -0.352 e. The number of amides is 1. The normalized spacial score (nSPS) is 32.9. The first kappa shape index (κ1) is 20.8. The molecule has 3 heterocycles. The maximum absolute atomic E-state index is 13.9. The Morgan fingerprint density at radius 2 is 1.84 bits per heavy atom. The maximum atomic E-state index is 13.9. The van der Waals surface area contributed by atoms with Gasteiger partial charge in [-0.15, -0.1) is 0 Å². The third-order valence-electron chi connectivity index (χ3n) is 6.92. The lowest BCUT2D eigenvalue weighted by molar-refractivity contribution is -0.141. The number of nitrogens with zero attached hydrogens (tertiary/aromatic N) is 1. The molecule has 6 unspecified atom stereocenters. The summed E-state index contributed by atoms with van der Waals surface area (Å²) >= 11 is 3.45. The molecule has 2 aliphatic heterocycles. The van der Waals surface area contributed by atoms with Crippen molar-refractivity contribution in [3.05, 3.63) is 64.4 Å². The van der Waals surface area contributed by atoms with Crippen molar-refractivity contribution in [2.24, 2.45) is 11.8 Å². The van der Waals surface area contributed by atoms with Crippen LogP contribution in [-0.2, 0) is 9.59 Å². The van der Waals surface area contributed by atoms with Crippen LogP contribution >= 0.6 is 15.9 Å². The first-order chi connectivity index (χ1) is 15.1. The Labute approximate surface area is 189 Å². The highest BCUT2D eigenvalue weighted by Gasteiger charge is 2.51. The van der Waals surface area contributed by atoms with Gasteiger partial charge in [0, 0.05) is 28.8 Å². The van der Waals surface area contributed by atoms with Gasteiger partial charge in [-0.2, -0.15) is 5.53 Å². The van der Waals surface area contributed by atoms with Gasteiger partial charge in [-0.3, -0.25) is 14.6 Å². The third kappa shape index (κ3) is 3.93. The highest BCUT2D eigenvalue weighted by molar-refractivity contribution is 9.10. The third-order valence-corrected chi connectivity index (χ3v) is 7.35. The summed E-state index contributed by atoms with van der Waals surface area (Å²) in [5.41, 5.74) is 11.0. The first-order valence-electron chi connectivity index (χ1n) is 10.9. The smallest absolute Gasteiger partial charge is 0.231 e. The van der Waals surface area contributed by atoms with Gasteiger partial charge in [-0.1, -0.05) is 43.2 Å². The fraction of sp³-hybridized carbons (Fsp3) is 0.435. The highest BCUT2D eigenvalue weighted by Crippen LogP contribution is 2.45. The summed E-state index contributed by atoms with van der Waals surface area (Å²) in [6.45, 7) is 0. The number of ketones is 1. The number of hydrogen-bond acceptors (Lipinski definition) is 6. The minimum absolute atomic E-state index is 0.0992. The molecule has 3 fully saturated rings. The molecule has 0 bridgehead atoms. The molecule has 2 aromatic rings.